The van der Waals surface area contributed by atoms with Crippen molar-refractivity contribution < 1.29 is 13.5 Å². The Morgan fingerprint density at radius 2 is 1.94 bits per heavy atom. The first-order valence-corrected chi connectivity index (χ1v) is 10.4. The molecule has 0 unspecified atom stereocenters. The fourth-order valence-corrected chi connectivity index (χ4v) is 3.56. The lowest BCUT2D eigenvalue weighted by Crippen LogP contribution is -1.99. The zero-order chi connectivity index (χ0) is 22.8. The molecule has 2 aromatic heterocycles. The molecule has 0 fully saturated rings. The van der Waals surface area contributed by atoms with Crippen molar-refractivity contribution in [1.82, 2.24) is 20.2 Å². The number of hydrogen-bond donors (Lipinski definition) is 1. The SMILES string of the molecule is Cc1nnc(-c2ccc3ncnc(Nc4ccc(OCc5cccc(F)c5)c(Cl)c4)c3c2)o1. The summed E-state index contributed by atoms with van der Waals surface area (Å²) in [5, 5.41) is 12.4. The first-order chi connectivity index (χ1) is 16.0. The van der Waals surface area contributed by atoms with Crippen LogP contribution in [0.15, 0.2) is 71.4 Å². The molecule has 7 nitrogen and oxygen atoms in total. The fourth-order valence-electron chi connectivity index (χ4n) is 3.32. The largest absolute Gasteiger partial charge is 0.487 e. The van der Waals surface area contributed by atoms with Gasteiger partial charge in [-0.25, -0.2) is 14.4 Å². The normalized spacial score (nSPS) is 11.0. The molecular formula is C24H17ClFN5O2. The second-order valence-corrected chi connectivity index (χ2v) is 7.68. The number of ether oxygens (including phenoxy) is 1. The van der Waals surface area contributed by atoms with E-state index in [9.17, 15) is 4.39 Å². The molecule has 5 aromatic rings. The van der Waals surface area contributed by atoms with Gasteiger partial charge in [0.05, 0.1) is 10.5 Å². The molecule has 0 bridgehead atoms. The average molecular weight is 462 g/mol. The van der Waals surface area contributed by atoms with E-state index in [-0.39, 0.29) is 12.4 Å². The molecule has 2 heterocycles. The minimum absolute atomic E-state index is 0.207. The van der Waals surface area contributed by atoms with Gasteiger partial charge in [0, 0.05) is 23.6 Å². The summed E-state index contributed by atoms with van der Waals surface area (Å²) in [6.45, 7) is 1.95. The molecule has 0 aliphatic heterocycles. The highest BCUT2D eigenvalue weighted by Gasteiger charge is 2.11. The van der Waals surface area contributed by atoms with Crippen molar-refractivity contribution >= 4 is 34.0 Å². The Morgan fingerprint density at radius 3 is 2.73 bits per heavy atom. The average Bonchev–Trinajstić information content (AvgIpc) is 3.25. The third kappa shape index (κ3) is 4.61. The summed E-state index contributed by atoms with van der Waals surface area (Å²) in [6.07, 6.45) is 1.49. The Bertz CT molecular complexity index is 1460. The van der Waals surface area contributed by atoms with Crippen LogP contribution < -0.4 is 10.1 Å². The smallest absolute Gasteiger partial charge is 0.247 e. The first-order valence-electron chi connectivity index (χ1n) is 10.0. The van der Waals surface area contributed by atoms with Crippen LogP contribution >= 0.6 is 11.6 Å². The third-order valence-electron chi connectivity index (χ3n) is 4.89. The maximum atomic E-state index is 13.4. The molecule has 3 aromatic carbocycles. The molecule has 1 N–H and O–H groups in total. The van der Waals surface area contributed by atoms with Gasteiger partial charge in [-0.1, -0.05) is 23.7 Å². The minimum Gasteiger partial charge on any atom is -0.487 e. The lowest BCUT2D eigenvalue weighted by atomic mass is 10.1. The molecule has 0 amide bonds. The Balaban J connectivity index is 1.38. The second kappa shape index (κ2) is 8.84. The Morgan fingerprint density at radius 1 is 1.03 bits per heavy atom. The summed E-state index contributed by atoms with van der Waals surface area (Å²) < 4.78 is 24.6. The van der Waals surface area contributed by atoms with E-state index in [0.717, 1.165) is 22.2 Å². The zero-order valence-corrected chi connectivity index (χ0v) is 18.2. The van der Waals surface area contributed by atoms with E-state index in [0.29, 0.717) is 33.9 Å². The molecular weight excluding hydrogens is 445 g/mol. The van der Waals surface area contributed by atoms with Crippen LogP contribution in [0.3, 0.4) is 0 Å². The monoisotopic (exact) mass is 461 g/mol. The van der Waals surface area contributed by atoms with E-state index in [2.05, 4.69) is 25.5 Å². The maximum Gasteiger partial charge on any atom is 0.247 e. The number of nitrogens with one attached hydrogen (secondary N) is 1. The van der Waals surface area contributed by atoms with Crippen LogP contribution in [0.25, 0.3) is 22.4 Å². The van der Waals surface area contributed by atoms with Crippen LogP contribution in [0.4, 0.5) is 15.9 Å². The minimum atomic E-state index is -0.309. The molecule has 5 rings (SSSR count). The Kier molecular flexibility index (Phi) is 5.58. The van der Waals surface area contributed by atoms with Gasteiger partial charge in [0.2, 0.25) is 11.8 Å². The molecule has 0 saturated heterocycles. The number of fused-ring (bicyclic) bond motifs is 1. The molecule has 33 heavy (non-hydrogen) atoms. The predicted octanol–water partition coefficient (Wildman–Crippen LogP) is 6.10. The van der Waals surface area contributed by atoms with Gasteiger partial charge in [-0.15, -0.1) is 10.2 Å². The van der Waals surface area contributed by atoms with Crippen LogP contribution in [-0.4, -0.2) is 20.2 Å². The lowest BCUT2D eigenvalue weighted by molar-refractivity contribution is 0.306. The summed E-state index contributed by atoms with van der Waals surface area (Å²) in [7, 11) is 0. The van der Waals surface area contributed by atoms with Crippen LogP contribution in [0.1, 0.15) is 11.5 Å². The molecule has 0 spiro atoms. The number of rotatable bonds is 6. The number of hydrogen-bond acceptors (Lipinski definition) is 7. The number of halogens is 2. The van der Waals surface area contributed by atoms with Gasteiger partial charge in [-0.3, -0.25) is 0 Å². The lowest BCUT2D eigenvalue weighted by Gasteiger charge is -2.12. The van der Waals surface area contributed by atoms with Gasteiger partial charge in [-0.2, -0.15) is 0 Å². The molecule has 0 aliphatic carbocycles. The van der Waals surface area contributed by atoms with Crippen molar-refractivity contribution in [2.75, 3.05) is 5.32 Å². The molecule has 0 radical (unpaired) electrons. The van der Waals surface area contributed by atoms with Gasteiger partial charge in [-0.05, 0) is 54.1 Å². The Labute approximate surface area is 193 Å². The van der Waals surface area contributed by atoms with Gasteiger partial charge in [0.15, 0.2) is 0 Å². The standard InChI is InChI=1S/C24H17ClFN5O2/c1-14-30-31-24(33-14)16-5-7-21-19(10-16)23(28-13-27-21)29-18-6-8-22(20(25)11-18)32-12-15-3-2-4-17(26)9-15/h2-11,13H,12H2,1H3,(H,27,28,29). The summed E-state index contributed by atoms with van der Waals surface area (Å²) in [6, 6.07) is 17.2. The number of aryl methyl sites for hydroxylation is 1. The van der Waals surface area contributed by atoms with Crippen molar-refractivity contribution in [1.29, 1.82) is 0 Å². The highest BCUT2D eigenvalue weighted by Crippen LogP contribution is 2.32. The zero-order valence-electron chi connectivity index (χ0n) is 17.4. The van der Waals surface area contributed by atoms with Crippen LogP contribution in [0.5, 0.6) is 5.75 Å². The van der Waals surface area contributed by atoms with Gasteiger partial charge < -0.3 is 14.5 Å². The van der Waals surface area contributed by atoms with E-state index >= 15 is 0 Å². The highest BCUT2D eigenvalue weighted by molar-refractivity contribution is 6.32. The number of nitrogens with zero attached hydrogens (tertiary/aromatic N) is 4. The van der Waals surface area contributed by atoms with Crippen molar-refractivity contribution in [2.24, 2.45) is 0 Å². The quantitative estimate of drug-likeness (QED) is 0.326. The number of anilines is 2. The first kappa shape index (κ1) is 20.8. The third-order valence-corrected chi connectivity index (χ3v) is 5.18. The second-order valence-electron chi connectivity index (χ2n) is 7.27. The molecule has 0 atom stereocenters. The van der Waals surface area contributed by atoms with Crippen LogP contribution in [0.2, 0.25) is 5.02 Å². The van der Waals surface area contributed by atoms with Gasteiger partial charge in [0.25, 0.3) is 0 Å². The number of aromatic nitrogens is 4. The van der Waals surface area contributed by atoms with E-state index < -0.39 is 0 Å². The Hall–Kier alpha value is -4.04. The fraction of sp³-hybridized carbons (Fsp3) is 0.0833. The highest BCUT2D eigenvalue weighted by atomic mass is 35.5. The summed E-state index contributed by atoms with van der Waals surface area (Å²) in [5.41, 5.74) is 2.96. The molecule has 0 saturated carbocycles. The molecule has 9 heteroatoms. The van der Waals surface area contributed by atoms with Crippen molar-refractivity contribution in [3.8, 4) is 17.2 Å². The van der Waals surface area contributed by atoms with E-state index in [4.69, 9.17) is 20.8 Å². The topological polar surface area (TPSA) is 86.0 Å². The molecule has 164 valence electrons. The van der Waals surface area contributed by atoms with Gasteiger partial charge >= 0.3 is 0 Å². The summed E-state index contributed by atoms with van der Waals surface area (Å²) in [4.78, 5) is 8.70. The maximum absolute atomic E-state index is 13.4. The van der Waals surface area contributed by atoms with E-state index in [1.165, 1.54) is 18.5 Å². The van der Waals surface area contributed by atoms with Crippen molar-refractivity contribution in [3.05, 3.63) is 89.3 Å². The van der Waals surface area contributed by atoms with E-state index in [1.54, 1.807) is 31.2 Å². The number of benzene rings is 3. The van der Waals surface area contributed by atoms with Crippen molar-refractivity contribution in [2.45, 2.75) is 13.5 Å². The van der Waals surface area contributed by atoms with Gasteiger partial charge in [0.1, 0.15) is 30.3 Å². The van der Waals surface area contributed by atoms with Crippen LogP contribution in [0, 0.1) is 12.7 Å². The summed E-state index contributed by atoms with van der Waals surface area (Å²) in [5.74, 6) is 1.70. The van der Waals surface area contributed by atoms with E-state index in [1.807, 2.05) is 24.3 Å². The van der Waals surface area contributed by atoms with Crippen LogP contribution in [-0.2, 0) is 6.61 Å². The summed E-state index contributed by atoms with van der Waals surface area (Å²) >= 11 is 6.42. The predicted molar refractivity (Wildman–Crippen MR) is 123 cm³/mol. The molecule has 0 aliphatic rings. The van der Waals surface area contributed by atoms with Crippen molar-refractivity contribution in [3.63, 3.8) is 0 Å².